The predicted octanol–water partition coefficient (Wildman–Crippen LogP) is 1.99. The highest BCUT2D eigenvalue weighted by atomic mass is 35.5. The average Bonchev–Trinajstić information content (AvgIpc) is 3.54. The monoisotopic (exact) mass is 420 g/mol. The zero-order chi connectivity index (χ0) is 20.5. The normalized spacial score (nSPS) is 29.6. The fourth-order valence-electron chi connectivity index (χ4n) is 3.57. The van der Waals surface area contributed by atoms with E-state index in [-0.39, 0.29) is 0 Å². The zero-order valence-electron chi connectivity index (χ0n) is 15.8. The summed E-state index contributed by atoms with van der Waals surface area (Å²) in [5, 5.41) is 40.4. The molecule has 7 heteroatoms. The Balaban J connectivity index is 1.52. The molecule has 0 aromatic heterocycles. The molecule has 4 N–H and O–H groups in total. The van der Waals surface area contributed by atoms with E-state index >= 15 is 0 Å². The molecule has 1 heterocycles. The smallest absolute Gasteiger partial charge is 0.119 e. The average molecular weight is 421 g/mol. The Kier molecular flexibility index (Phi) is 6.11. The van der Waals surface area contributed by atoms with Crippen molar-refractivity contribution >= 4 is 11.6 Å². The molecule has 156 valence electrons. The van der Waals surface area contributed by atoms with Crippen LogP contribution in [-0.2, 0) is 11.2 Å². The maximum Gasteiger partial charge on any atom is 0.119 e. The summed E-state index contributed by atoms with van der Waals surface area (Å²) in [5.41, 5.74) is 2.52. The second kappa shape index (κ2) is 8.60. The number of halogens is 1. The van der Waals surface area contributed by atoms with Gasteiger partial charge in [-0.1, -0.05) is 35.9 Å². The van der Waals surface area contributed by atoms with Crippen LogP contribution in [-0.4, -0.2) is 57.6 Å². The first-order valence-electron chi connectivity index (χ1n) is 9.80. The van der Waals surface area contributed by atoms with Gasteiger partial charge >= 0.3 is 0 Å². The van der Waals surface area contributed by atoms with E-state index in [1.54, 1.807) is 12.1 Å². The van der Waals surface area contributed by atoms with Crippen molar-refractivity contribution in [2.45, 2.75) is 55.9 Å². The third-order valence-corrected chi connectivity index (χ3v) is 5.80. The summed E-state index contributed by atoms with van der Waals surface area (Å²) in [5.74, 6) is 0.859. The summed E-state index contributed by atoms with van der Waals surface area (Å²) in [6, 6.07) is 13.1. The number of aliphatic hydroxyl groups excluding tert-OH is 4. The quantitative estimate of drug-likeness (QED) is 0.570. The second-order valence-electron chi connectivity index (χ2n) is 7.74. The third-order valence-electron chi connectivity index (χ3n) is 5.44. The van der Waals surface area contributed by atoms with Gasteiger partial charge in [-0.2, -0.15) is 0 Å². The minimum atomic E-state index is -1.41. The molecule has 1 aliphatic carbocycles. The summed E-state index contributed by atoms with van der Waals surface area (Å²) < 4.78 is 11.4. The van der Waals surface area contributed by atoms with Gasteiger partial charge in [-0.3, -0.25) is 0 Å². The molecule has 1 aliphatic heterocycles. The minimum Gasteiger partial charge on any atom is -0.490 e. The van der Waals surface area contributed by atoms with Crippen molar-refractivity contribution in [1.29, 1.82) is 0 Å². The van der Waals surface area contributed by atoms with Crippen molar-refractivity contribution in [1.82, 2.24) is 0 Å². The molecule has 1 saturated heterocycles. The van der Waals surface area contributed by atoms with E-state index < -0.39 is 37.1 Å². The molecule has 6 nitrogen and oxygen atoms in total. The molecule has 2 aliphatic rings. The highest BCUT2D eigenvalue weighted by Gasteiger charge is 2.44. The SMILES string of the molecule is OCC1O[C@@H](c2ccc(Cl)c(Cc3ccc(OC4CC4)cc3)c2)[C@H](O)[C@@H](O)[C@@H]1O. The number of rotatable bonds is 6. The molecule has 0 bridgehead atoms. The second-order valence-corrected chi connectivity index (χ2v) is 8.15. The Bertz CT molecular complexity index is 836. The van der Waals surface area contributed by atoms with Crippen molar-refractivity contribution in [3.8, 4) is 5.75 Å². The fourth-order valence-corrected chi connectivity index (χ4v) is 3.75. The molecule has 2 aromatic carbocycles. The Labute approximate surface area is 174 Å². The van der Waals surface area contributed by atoms with Crippen molar-refractivity contribution < 1.29 is 29.9 Å². The van der Waals surface area contributed by atoms with Crippen LogP contribution in [0.15, 0.2) is 42.5 Å². The van der Waals surface area contributed by atoms with E-state index in [2.05, 4.69) is 0 Å². The molecule has 4 rings (SSSR count). The lowest BCUT2D eigenvalue weighted by Crippen LogP contribution is -2.55. The maximum absolute atomic E-state index is 10.4. The van der Waals surface area contributed by atoms with E-state index in [0.29, 0.717) is 23.1 Å². The lowest BCUT2D eigenvalue weighted by molar-refractivity contribution is -0.231. The zero-order valence-corrected chi connectivity index (χ0v) is 16.6. The number of hydrogen-bond donors (Lipinski definition) is 4. The van der Waals surface area contributed by atoms with Gasteiger partial charge in [-0.25, -0.2) is 0 Å². The lowest BCUT2D eigenvalue weighted by atomic mass is 9.90. The first-order chi connectivity index (χ1) is 14.0. The van der Waals surface area contributed by atoms with Crippen LogP contribution in [0.5, 0.6) is 5.75 Å². The highest BCUT2D eigenvalue weighted by Crippen LogP contribution is 2.34. The Hall–Kier alpha value is -1.67. The van der Waals surface area contributed by atoms with E-state index in [1.807, 2.05) is 30.3 Å². The van der Waals surface area contributed by atoms with Crippen LogP contribution < -0.4 is 4.74 Å². The molecular weight excluding hydrogens is 396 g/mol. The Morgan fingerprint density at radius 3 is 2.34 bits per heavy atom. The standard InChI is InChI=1S/C22H25ClO6/c23-17-8-3-13(22-21(27)20(26)19(25)18(11-24)29-22)10-14(17)9-12-1-4-15(5-2-12)28-16-6-7-16/h1-5,8,10,16,18-22,24-27H,6-7,9,11H2/t18?,19-,20+,21-,22+/m1/s1. The van der Waals surface area contributed by atoms with E-state index in [1.165, 1.54) is 0 Å². The summed E-state index contributed by atoms with van der Waals surface area (Å²) in [7, 11) is 0. The molecule has 2 fully saturated rings. The fraction of sp³-hybridized carbons (Fsp3) is 0.455. The van der Waals surface area contributed by atoms with Crippen LogP contribution in [0.1, 0.15) is 35.6 Å². The van der Waals surface area contributed by atoms with Gasteiger partial charge in [-0.05, 0) is 54.2 Å². The minimum absolute atomic E-state index is 0.352. The molecule has 0 radical (unpaired) electrons. The van der Waals surface area contributed by atoms with Gasteiger partial charge in [0.05, 0.1) is 12.7 Å². The van der Waals surface area contributed by atoms with Gasteiger partial charge in [0.15, 0.2) is 0 Å². The molecule has 29 heavy (non-hydrogen) atoms. The largest absolute Gasteiger partial charge is 0.490 e. The van der Waals surface area contributed by atoms with E-state index in [4.69, 9.17) is 21.1 Å². The van der Waals surface area contributed by atoms with Crippen LogP contribution >= 0.6 is 11.6 Å². The Morgan fingerprint density at radius 1 is 0.966 bits per heavy atom. The number of aliphatic hydroxyl groups is 4. The van der Waals surface area contributed by atoms with Gasteiger partial charge in [-0.15, -0.1) is 0 Å². The highest BCUT2D eigenvalue weighted by molar-refractivity contribution is 6.31. The molecule has 1 saturated carbocycles. The van der Waals surface area contributed by atoms with Crippen molar-refractivity contribution in [2.75, 3.05) is 6.61 Å². The number of ether oxygens (including phenoxy) is 2. The van der Waals surface area contributed by atoms with Gasteiger partial charge in [0.1, 0.15) is 36.3 Å². The van der Waals surface area contributed by atoms with Crippen LogP contribution in [0.3, 0.4) is 0 Å². The third kappa shape index (κ3) is 4.58. The molecule has 5 atom stereocenters. The van der Waals surface area contributed by atoms with Gasteiger partial charge in [0, 0.05) is 5.02 Å². The number of hydrogen-bond acceptors (Lipinski definition) is 6. The molecule has 1 unspecified atom stereocenters. The van der Waals surface area contributed by atoms with Gasteiger partial charge in [0.25, 0.3) is 0 Å². The molecule has 0 spiro atoms. The van der Waals surface area contributed by atoms with Crippen molar-refractivity contribution in [3.63, 3.8) is 0 Å². The van der Waals surface area contributed by atoms with Crippen LogP contribution in [0.25, 0.3) is 0 Å². The summed E-state index contributed by atoms with van der Waals surface area (Å²) in [6.07, 6.45) is -2.78. The van der Waals surface area contributed by atoms with Gasteiger partial charge < -0.3 is 29.9 Å². The molecular formula is C22H25ClO6. The van der Waals surface area contributed by atoms with Crippen LogP contribution in [0, 0.1) is 0 Å². The maximum atomic E-state index is 10.4. The predicted molar refractivity (Wildman–Crippen MR) is 107 cm³/mol. The first-order valence-corrected chi connectivity index (χ1v) is 10.2. The van der Waals surface area contributed by atoms with Crippen molar-refractivity contribution in [2.24, 2.45) is 0 Å². The number of benzene rings is 2. The Morgan fingerprint density at radius 2 is 1.69 bits per heavy atom. The van der Waals surface area contributed by atoms with Gasteiger partial charge in [0.2, 0.25) is 0 Å². The summed E-state index contributed by atoms with van der Waals surface area (Å²) >= 11 is 6.38. The van der Waals surface area contributed by atoms with Crippen LogP contribution in [0.2, 0.25) is 5.02 Å². The van der Waals surface area contributed by atoms with Crippen molar-refractivity contribution in [3.05, 3.63) is 64.2 Å². The first kappa shape index (κ1) is 20.6. The molecule has 2 aromatic rings. The molecule has 0 amide bonds. The van der Waals surface area contributed by atoms with E-state index in [0.717, 1.165) is 29.7 Å². The topological polar surface area (TPSA) is 99.4 Å². The lowest BCUT2D eigenvalue weighted by Gasteiger charge is -2.40. The van der Waals surface area contributed by atoms with Crippen LogP contribution in [0.4, 0.5) is 0 Å². The summed E-state index contributed by atoms with van der Waals surface area (Å²) in [6.45, 7) is -0.461. The van der Waals surface area contributed by atoms with E-state index in [9.17, 15) is 20.4 Å². The summed E-state index contributed by atoms with van der Waals surface area (Å²) in [4.78, 5) is 0.